The number of fused-ring (bicyclic) bond motifs is 1. The summed E-state index contributed by atoms with van der Waals surface area (Å²) in [6.07, 6.45) is 1.75. The molecule has 0 spiro atoms. The third-order valence-corrected chi connectivity index (χ3v) is 2.28. The molecule has 6 nitrogen and oxygen atoms in total. The molecule has 1 aromatic rings. The van der Waals surface area contributed by atoms with Crippen molar-refractivity contribution in [1.29, 1.82) is 0 Å². The molecule has 2 N–H and O–H groups in total. The average molecular weight is 249 g/mol. The van der Waals surface area contributed by atoms with Crippen molar-refractivity contribution in [3.8, 4) is 11.5 Å². The highest BCUT2D eigenvalue weighted by molar-refractivity contribution is 5.93. The Labute approximate surface area is 103 Å². The monoisotopic (exact) mass is 249 g/mol. The number of hydrogen-bond acceptors (Lipinski definition) is 4. The Morgan fingerprint density at radius 1 is 1.28 bits per heavy atom. The van der Waals surface area contributed by atoms with Gasteiger partial charge in [0, 0.05) is 18.7 Å². The van der Waals surface area contributed by atoms with Gasteiger partial charge in [-0.2, -0.15) is 0 Å². The fourth-order valence-corrected chi connectivity index (χ4v) is 1.45. The zero-order chi connectivity index (χ0) is 13.0. The van der Waals surface area contributed by atoms with E-state index in [0.717, 1.165) is 17.7 Å². The Morgan fingerprint density at radius 2 is 2.06 bits per heavy atom. The van der Waals surface area contributed by atoms with Crippen molar-refractivity contribution in [3.05, 3.63) is 35.9 Å². The van der Waals surface area contributed by atoms with Crippen LogP contribution < -0.4 is 14.8 Å². The van der Waals surface area contributed by atoms with Crippen LogP contribution in [0.4, 0.5) is 0 Å². The zero-order valence-corrected chi connectivity index (χ0v) is 9.38. The summed E-state index contributed by atoms with van der Waals surface area (Å²) in [7, 11) is 0. The number of aliphatic carboxylic acids is 1. The summed E-state index contributed by atoms with van der Waals surface area (Å²) >= 11 is 0. The number of ether oxygens (including phenoxy) is 2. The van der Waals surface area contributed by atoms with Gasteiger partial charge in [0.15, 0.2) is 11.5 Å². The lowest BCUT2D eigenvalue weighted by Gasteiger charge is -2.03. The predicted octanol–water partition coefficient (Wildman–Crippen LogP) is 0.672. The van der Waals surface area contributed by atoms with E-state index in [-0.39, 0.29) is 6.79 Å². The zero-order valence-electron chi connectivity index (χ0n) is 9.38. The van der Waals surface area contributed by atoms with Crippen LogP contribution in [0, 0.1) is 0 Å². The maximum atomic E-state index is 11.2. The van der Waals surface area contributed by atoms with E-state index >= 15 is 0 Å². The minimum absolute atomic E-state index is 0.201. The number of nitrogens with one attached hydrogen (secondary N) is 1. The van der Waals surface area contributed by atoms with Crippen LogP contribution in [0.1, 0.15) is 5.56 Å². The molecule has 0 saturated heterocycles. The number of carbonyl (C=O) groups excluding carboxylic acids is 1. The highest BCUT2D eigenvalue weighted by Gasteiger charge is 2.13. The molecular formula is C12H11NO5. The van der Waals surface area contributed by atoms with E-state index in [0.29, 0.717) is 18.0 Å². The highest BCUT2D eigenvalue weighted by Crippen LogP contribution is 2.32. The van der Waals surface area contributed by atoms with Crippen LogP contribution in [0.5, 0.6) is 11.5 Å². The molecule has 0 radical (unpaired) electrons. The molecule has 2 rings (SSSR count). The minimum atomic E-state index is -1.16. The van der Waals surface area contributed by atoms with Gasteiger partial charge in [-0.3, -0.25) is 4.79 Å². The third-order valence-electron chi connectivity index (χ3n) is 2.28. The predicted molar refractivity (Wildman–Crippen MR) is 61.2 cm³/mol. The molecule has 0 fully saturated rings. The largest absolute Gasteiger partial charge is 0.478 e. The first-order chi connectivity index (χ1) is 8.65. The van der Waals surface area contributed by atoms with Gasteiger partial charge in [0.1, 0.15) is 0 Å². The van der Waals surface area contributed by atoms with Gasteiger partial charge in [0.2, 0.25) is 12.7 Å². The van der Waals surface area contributed by atoms with Crippen molar-refractivity contribution in [1.82, 2.24) is 5.32 Å². The molecule has 0 atom stereocenters. The molecule has 0 aromatic heterocycles. The SMILES string of the molecule is O=C(O)/C=C\C(=O)NCc1ccc2c(c1)OCO2. The summed E-state index contributed by atoms with van der Waals surface area (Å²) in [5, 5.41) is 10.9. The Hall–Kier alpha value is -2.50. The van der Waals surface area contributed by atoms with Crippen LogP contribution in [0.25, 0.3) is 0 Å². The standard InChI is InChI=1S/C12H11NO5/c14-11(3-4-12(15)16)13-6-8-1-2-9-10(5-8)18-7-17-9/h1-5H,6-7H2,(H,13,14)(H,15,16)/b4-3-. The van der Waals surface area contributed by atoms with Crippen LogP contribution >= 0.6 is 0 Å². The molecule has 1 amide bonds. The molecule has 18 heavy (non-hydrogen) atoms. The summed E-state index contributed by atoms with van der Waals surface area (Å²) in [4.78, 5) is 21.4. The molecular weight excluding hydrogens is 238 g/mol. The van der Waals surface area contributed by atoms with E-state index in [1.165, 1.54) is 0 Å². The Kier molecular flexibility index (Phi) is 3.47. The van der Waals surface area contributed by atoms with Crippen molar-refractivity contribution in [3.63, 3.8) is 0 Å². The van der Waals surface area contributed by atoms with Gasteiger partial charge in [-0.25, -0.2) is 4.79 Å². The fraction of sp³-hybridized carbons (Fsp3) is 0.167. The molecule has 1 aliphatic rings. The molecule has 94 valence electrons. The fourth-order valence-electron chi connectivity index (χ4n) is 1.45. The van der Waals surface area contributed by atoms with Crippen molar-refractivity contribution in [2.45, 2.75) is 6.54 Å². The molecule has 6 heteroatoms. The molecule has 0 bridgehead atoms. The van der Waals surface area contributed by atoms with Crippen LogP contribution in [-0.2, 0) is 16.1 Å². The molecule has 1 heterocycles. The van der Waals surface area contributed by atoms with Crippen LogP contribution in [0.3, 0.4) is 0 Å². The number of carbonyl (C=O) groups is 2. The maximum absolute atomic E-state index is 11.2. The normalized spacial score (nSPS) is 12.7. The lowest BCUT2D eigenvalue weighted by Crippen LogP contribution is -2.20. The summed E-state index contributed by atoms with van der Waals surface area (Å²) in [5.41, 5.74) is 0.844. The molecule has 0 unspecified atom stereocenters. The van der Waals surface area contributed by atoms with Crippen molar-refractivity contribution >= 4 is 11.9 Å². The van der Waals surface area contributed by atoms with Gasteiger partial charge in [0.05, 0.1) is 0 Å². The number of rotatable bonds is 4. The quantitative estimate of drug-likeness (QED) is 0.766. The first-order valence-corrected chi connectivity index (χ1v) is 5.22. The van der Waals surface area contributed by atoms with Gasteiger partial charge in [-0.05, 0) is 17.7 Å². The van der Waals surface area contributed by atoms with Crippen LogP contribution in [-0.4, -0.2) is 23.8 Å². The van der Waals surface area contributed by atoms with E-state index < -0.39 is 11.9 Å². The molecule has 1 aromatic carbocycles. The lowest BCUT2D eigenvalue weighted by atomic mass is 10.2. The second-order valence-electron chi connectivity index (χ2n) is 3.58. The van der Waals surface area contributed by atoms with Gasteiger partial charge >= 0.3 is 5.97 Å². The topological polar surface area (TPSA) is 84.9 Å². The highest BCUT2D eigenvalue weighted by atomic mass is 16.7. The maximum Gasteiger partial charge on any atom is 0.328 e. The Bertz CT molecular complexity index is 509. The van der Waals surface area contributed by atoms with Crippen molar-refractivity contribution in [2.24, 2.45) is 0 Å². The first-order valence-electron chi connectivity index (χ1n) is 5.22. The molecule has 0 saturated carbocycles. The van der Waals surface area contributed by atoms with Gasteiger partial charge in [-0.1, -0.05) is 6.07 Å². The van der Waals surface area contributed by atoms with E-state index in [1.54, 1.807) is 18.2 Å². The smallest absolute Gasteiger partial charge is 0.328 e. The van der Waals surface area contributed by atoms with E-state index in [9.17, 15) is 9.59 Å². The minimum Gasteiger partial charge on any atom is -0.478 e. The number of carboxylic acid groups (broad SMARTS) is 1. The van der Waals surface area contributed by atoms with Gasteiger partial charge < -0.3 is 19.9 Å². The van der Waals surface area contributed by atoms with Gasteiger partial charge in [0.25, 0.3) is 0 Å². The van der Waals surface area contributed by atoms with Crippen LogP contribution in [0.15, 0.2) is 30.4 Å². The average Bonchev–Trinajstić information content (AvgIpc) is 2.81. The summed E-state index contributed by atoms with van der Waals surface area (Å²) in [6.45, 7) is 0.492. The lowest BCUT2D eigenvalue weighted by molar-refractivity contribution is -0.131. The summed E-state index contributed by atoms with van der Waals surface area (Å²) in [5.74, 6) is -0.304. The molecule has 0 aliphatic carbocycles. The summed E-state index contributed by atoms with van der Waals surface area (Å²) in [6, 6.07) is 5.33. The first kappa shape index (κ1) is 12.0. The number of amides is 1. The van der Waals surface area contributed by atoms with Crippen LogP contribution in [0.2, 0.25) is 0 Å². The number of hydrogen-bond donors (Lipinski definition) is 2. The number of benzene rings is 1. The van der Waals surface area contributed by atoms with Crippen molar-refractivity contribution in [2.75, 3.05) is 6.79 Å². The summed E-state index contributed by atoms with van der Waals surface area (Å²) < 4.78 is 10.4. The van der Waals surface area contributed by atoms with E-state index in [2.05, 4.69) is 5.32 Å². The van der Waals surface area contributed by atoms with Crippen molar-refractivity contribution < 1.29 is 24.2 Å². The second-order valence-corrected chi connectivity index (χ2v) is 3.58. The van der Waals surface area contributed by atoms with Gasteiger partial charge in [-0.15, -0.1) is 0 Å². The third kappa shape index (κ3) is 3.00. The van der Waals surface area contributed by atoms with E-state index in [4.69, 9.17) is 14.6 Å². The Morgan fingerprint density at radius 3 is 2.83 bits per heavy atom. The molecule has 1 aliphatic heterocycles. The van der Waals surface area contributed by atoms with E-state index in [1.807, 2.05) is 0 Å². The number of carboxylic acids is 1. The Balaban J connectivity index is 1.90. The second kappa shape index (κ2) is 5.22.